The molecule has 1 saturated carbocycles. The lowest BCUT2D eigenvalue weighted by Crippen LogP contribution is -2.68. The first-order valence-electron chi connectivity index (χ1n) is 13.2. The Bertz CT molecular complexity index is 1300. The van der Waals surface area contributed by atoms with Gasteiger partial charge in [0, 0.05) is 37.3 Å². The topological polar surface area (TPSA) is 60.5 Å². The predicted molar refractivity (Wildman–Crippen MR) is 140 cm³/mol. The third-order valence-electron chi connectivity index (χ3n) is 10.1. The molecule has 8 atom stereocenters. The zero-order chi connectivity index (χ0) is 25.6. The van der Waals surface area contributed by atoms with E-state index in [-0.39, 0.29) is 29.4 Å². The number of carbonyl (C=O) groups is 1. The van der Waals surface area contributed by atoms with Crippen molar-refractivity contribution >= 4 is 11.7 Å². The molecule has 6 bridgehead atoms. The number of carbonyl (C=O) groups excluding carboxylic acids is 1. The van der Waals surface area contributed by atoms with Gasteiger partial charge in [0.2, 0.25) is 5.75 Å². The molecule has 2 aromatic rings. The zero-order valence-corrected chi connectivity index (χ0v) is 22.1. The third kappa shape index (κ3) is 2.73. The Morgan fingerprint density at radius 1 is 1.05 bits per heavy atom. The van der Waals surface area contributed by atoms with Gasteiger partial charge < -0.3 is 23.8 Å². The number of ether oxygens (including phenoxy) is 4. The summed E-state index contributed by atoms with van der Waals surface area (Å²) in [6.07, 6.45) is 4.24. The Hall–Kier alpha value is -3.19. The van der Waals surface area contributed by atoms with E-state index in [4.69, 9.17) is 18.9 Å². The lowest BCUT2D eigenvalue weighted by Gasteiger charge is -2.58. The number of piperidine rings is 4. The lowest BCUT2D eigenvalue weighted by atomic mass is 9.65. The first kappa shape index (κ1) is 23.0. The minimum atomic E-state index is -0.340. The Labute approximate surface area is 217 Å². The summed E-state index contributed by atoms with van der Waals surface area (Å²) < 4.78 is 23.2. The molecular weight excluding hydrogens is 468 g/mol. The summed E-state index contributed by atoms with van der Waals surface area (Å²) in [5.41, 5.74) is 4.31. The maximum absolute atomic E-state index is 13.9. The molecule has 1 spiro atoms. The van der Waals surface area contributed by atoms with Crippen molar-refractivity contribution < 1.29 is 23.7 Å². The van der Waals surface area contributed by atoms with Crippen LogP contribution in [0.4, 0.5) is 5.69 Å². The largest absolute Gasteiger partial charge is 0.493 e. The van der Waals surface area contributed by atoms with Crippen LogP contribution in [0.1, 0.15) is 35.7 Å². The van der Waals surface area contributed by atoms with Crippen LogP contribution in [0, 0.1) is 11.8 Å². The first-order valence-corrected chi connectivity index (χ1v) is 13.2. The van der Waals surface area contributed by atoms with Gasteiger partial charge >= 0.3 is 5.97 Å². The van der Waals surface area contributed by atoms with Crippen LogP contribution in [0.25, 0.3) is 0 Å². The number of likely N-dealkylation sites (N-methyl/N-ethyl adjacent to an activating group) is 1. The van der Waals surface area contributed by atoms with Crippen LogP contribution in [0.3, 0.4) is 0 Å². The third-order valence-corrected chi connectivity index (χ3v) is 10.1. The van der Waals surface area contributed by atoms with E-state index in [2.05, 4.69) is 54.1 Å². The van der Waals surface area contributed by atoms with Crippen LogP contribution in [0.15, 0.2) is 48.0 Å². The molecule has 8 rings (SSSR count). The van der Waals surface area contributed by atoms with Gasteiger partial charge in [0.05, 0.1) is 38.3 Å². The van der Waals surface area contributed by atoms with Crippen LogP contribution in [0.5, 0.6) is 17.2 Å². The van der Waals surface area contributed by atoms with Gasteiger partial charge in [-0.25, -0.2) is 4.79 Å². The number of allylic oxidation sites excluding steroid dienone is 1. The SMILES string of the molecule is C/C=C1\CN2[C@H]3C[C@@]45c6ccccc6N(C)[C@H]4[C@@H]2C[C@@H]1[C@@H]3[C@H]5OC(=O)c1cc(OC)c(OC)c(OC)c1. The van der Waals surface area contributed by atoms with Crippen LogP contribution >= 0.6 is 0 Å². The van der Waals surface area contributed by atoms with Gasteiger partial charge in [-0.3, -0.25) is 4.90 Å². The van der Waals surface area contributed by atoms with Gasteiger partial charge in [-0.05, 0) is 49.4 Å². The van der Waals surface area contributed by atoms with Gasteiger partial charge in [0.15, 0.2) is 11.5 Å². The number of nitrogens with zero attached hydrogens (tertiary/aromatic N) is 2. The first-order chi connectivity index (χ1) is 18.0. The second-order valence-corrected chi connectivity index (χ2v) is 11.1. The molecule has 194 valence electrons. The molecular formula is C30H34N2O5. The van der Waals surface area contributed by atoms with Crippen molar-refractivity contribution in [2.24, 2.45) is 11.8 Å². The Balaban J connectivity index is 1.35. The second-order valence-electron chi connectivity index (χ2n) is 11.1. The van der Waals surface area contributed by atoms with Crippen LogP contribution in [0.2, 0.25) is 0 Å². The van der Waals surface area contributed by atoms with E-state index in [0.717, 1.165) is 19.4 Å². The summed E-state index contributed by atoms with van der Waals surface area (Å²) in [4.78, 5) is 19.1. The summed E-state index contributed by atoms with van der Waals surface area (Å²) in [6.45, 7) is 3.19. The smallest absolute Gasteiger partial charge is 0.338 e. The lowest BCUT2D eigenvalue weighted by molar-refractivity contribution is -0.0390. The second kappa shape index (κ2) is 7.90. The minimum absolute atomic E-state index is 0.212. The molecule has 6 aliphatic rings. The number of anilines is 1. The maximum atomic E-state index is 13.9. The highest BCUT2D eigenvalue weighted by Crippen LogP contribution is 2.68. The van der Waals surface area contributed by atoms with Crippen LogP contribution in [-0.2, 0) is 10.2 Å². The summed E-state index contributed by atoms with van der Waals surface area (Å²) in [5.74, 6) is 1.75. The minimum Gasteiger partial charge on any atom is -0.493 e. The van der Waals surface area contributed by atoms with Crippen molar-refractivity contribution in [3.63, 3.8) is 0 Å². The highest BCUT2D eigenvalue weighted by molar-refractivity contribution is 5.91. The summed E-state index contributed by atoms with van der Waals surface area (Å²) >= 11 is 0. The van der Waals surface area contributed by atoms with Gasteiger partial charge in [-0.15, -0.1) is 0 Å². The molecule has 2 aromatic carbocycles. The monoisotopic (exact) mass is 502 g/mol. The summed E-state index contributed by atoms with van der Waals surface area (Å²) in [6, 6.07) is 13.3. The van der Waals surface area contributed by atoms with Gasteiger partial charge in [-0.1, -0.05) is 29.8 Å². The Morgan fingerprint density at radius 2 is 1.78 bits per heavy atom. The molecule has 5 heterocycles. The van der Waals surface area contributed by atoms with Gasteiger partial charge in [-0.2, -0.15) is 0 Å². The highest BCUT2D eigenvalue weighted by atomic mass is 16.5. The van der Waals surface area contributed by atoms with Crippen LogP contribution in [-0.4, -0.2) is 70.0 Å². The van der Waals surface area contributed by atoms with E-state index in [1.54, 1.807) is 33.5 Å². The van der Waals surface area contributed by atoms with E-state index in [9.17, 15) is 4.79 Å². The number of esters is 1. The number of methoxy groups -OCH3 is 3. The van der Waals surface area contributed by atoms with Gasteiger partial charge in [0.1, 0.15) is 6.10 Å². The molecule has 0 N–H and O–H groups in total. The van der Waals surface area contributed by atoms with Crippen molar-refractivity contribution in [2.75, 3.05) is 39.8 Å². The van der Waals surface area contributed by atoms with Crippen LogP contribution < -0.4 is 19.1 Å². The number of fused-ring (bicyclic) bond motifs is 2. The standard InChI is InChI=1S/C30H34N2O5/c1-6-16-15-32-21-13-18(16)25-22(32)14-30(19-9-7-8-10-20(19)31(2)27(21)30)28(25)37-29(33)17-11-23(34-3)26(36-5)24(12-17)35-4/h6-12,18,21-22,25,27-28H,13-15H2,1-5H3/b16-6+/t18-,21-,22-,25-,27-,28+,30+/m0/s1. The normalized spacial score (nSPS) is 36.9. The average Bonchev–Trinajstić information content (AvgIpc) is 3.34. The number of hydrogen-bond acceptors (Lipinski definition) is 7. The van der Waals surface area contributed by atoms with E-state index in [1.165, 1.54) is 16.8 Å². The van der Waals surface area contributed by atoms with Crippen molar-refractivity contribution in [3.8, 4) is 17.2 Å². The van der Waals surface area contributed by atoms with E-state index < -0.39 is 0 Å². The molecule has 37 heavy (non-hydrogen) atoms. The maximum Gasteiger partial charge on any atom is 0.338 e. The fourth-order valence-electron chi connectivity index (χ4n) is 8.89. The fourth-order valence-corrected chi connectivity index (χ4v) is 8.89. The zero-order valence-electron chi connectivity index (χ0n) is 22.1. The molecule has 1 unspecified atom stereocenters. The summed E-state index contributed by atoms with van der Waals surface area (Å²) in [7, 11) is 6.91. The number of para-hydroxylation sites is 1. The molecule has 5 aliphatic heterocycles. The van der Waals surface area contributed by atoms with E-state index in [1.807, 2.05) is 0 Å². The van der Waals surface area contributed by atoms with Gasteiger partial charge in [0.25, 0.3) is 0 Å². The quantitative estimate of drug-likeness (QED) is 0.452. The molecule has 1 aliphatic carbocycles. The fraction of sp³-hybridized carbons (Fsp3) is 0.500. The molecule has 7 heteroatoms. The predicted octanol–water partition coefficient (Wildman–Crippen LogP) is 4.05. The molecule has 0 aromatic heterocycles. The number of rotatable bonds is 5. The van der Waals surface area contributed by atoms with E-state index >= 15 is 0 Å². The van der Waals surface area contributed by atoms with E-state index in [0.29, 0.717) is 40.8 Å². The Morgan fingerprint density at radius 3 is 2.46 bits per heavy atom. The average molecular weight is 503 g/mol. The molecule has 7 nitrogen and oxygen atoms in total. The van der Waals surface area contributed by atoms with Crippen molar-refractivity contribution in [1.29, 1.82) is 0 Å². The number of hydrogen-bond donors (Lipinski definition) is 0. The van der Waals surface area contributed by atoms with Crippen molar-refractivity contribution in [1.82, 2.24) is 4.90 Å². The highest BCUT2D eigenvalue weighted by Gasteiger charge is 2.75. The molecule has 4 saturated heterocycles. The number of benzene rings is 2. The molecule has 0 radical (unpaired) electrons. The Kier molecular flexibility index (Phi) is 4.91. The van der Waals surface area contributed by atoms with Crippen molar-refractivity contribution in [2.45, 2.75) is 49.4 Å². The summed E-state index contributed by atoms with van der Waals surface area (Å²) in [5, 5.41) is 0. The molecule has 0 amide bonds. The van der Waals surface area contributed by atoms with Crippen molar-refractivity contribution in [3.05, 3.63) is 59.2 Å². The molecule has 5 fully saturated rings.